The van der Waals surface area contributed by atoms with Crippen LogP contribution in [0.5, 0.6) is 0 Å². The van der Waals surface area contributed by atoms with Crippen LogP contribution in [0.2, 0.25) is 0 Å². The molecule has 2 N–H and O–H groups in total. The Morgan fingerprint density at radius 1 is 1.35 bits per heavy atom. The zero-order valence-electron chi connectivity index (χ0n) is 12.5. The van der Waals surface area contributed by atoms with Gasteiger partial charge in [0.25, 0.3) is 0 Å². The van der Waals surface area contributed by atoms with Crippen LogP contribution in [-0.2, 0) is 21.1 Å². The Bertz CT molecular complexity index is 687. The Labute approximate surface area is 139 Å². The first-order valence-corrected chi connectivity index (χ1v) is 10.1. The highest BCUT2D eigenvalue weighted by molar-refractivity contribution is 8.02. The van der Waals surface area contributed by atoms with Gasteiger partial charge in [0.15, 0.2) is 9.84 Å². The minimum atomic E-state index is -2.91. The van der Waals surface area contributed by atoms with E-state index in [0.717, 1.165) is 5.56 Å². The molecule has 0 spiro atoms. The summed E-state index contributed by atoms with van der Waals surface area (Å²) in [6, 6.07) is 6.61. The zero-order chi connectivity index (χ0) is 16.9. The van der Waals surface area contributed by atoms with Crippen LogP contribution < -0.4 is 5.32 Å². The van der Waals surface area contributed by atoms with Crippen molar-refractivity contribution < 1.29 is 23.1 Å². The van der Waals surface area contributed by atoms with Gasteiger partial charge in [0.1, 0.15) is 0 Å². The predicted molar refractivity (Wildman–Crippen MR) is 89.6 cm³/mol. The number of aromatic carboxylic acids is 1. The van der Waals surface area contributed by atoms with Gasteiger partial charge in [-0.1, -0.05) is 12.1 Å². The first kappa shape index (κ1) is 17.8. The van der Waals surface area contributed by atoms with Crippen molar-refractivity contribution in [1.29, 1.82) is 0 Å². The van der Waals surface area contributed by atoms with Crippen molar-refractivity contribution in [2.75, 3.05) is 23.8 Å². The molecule has 0 aromatic heterocycles. The summed E-state index contributed by atoms with van der Waals surface area (Å²) < 4.78 is 22.7. The van der Waals surface area contributed by atoms with Crippen LogP contribution in [0.1, 0.15) is 22.3 Å². The average molecular weight is 357 g/mol. The number of hydrogen-bond donors (Lipinski definition) is 2. The molecule has 1 aromatic rings. The summed E-state index contributed by atoms with van der Waals surface area (Å²) in [5.74, 6) is -0.485. The number of carboxylic acids is 1. The molecule has 126 valence electrons. The summed E-state index contributed by atoms with van der Waals surface area (Å²) in [6.45, 7) is 0.422. The average Bonchev–Trinajstić information content (AvgIpc) is 2.85. The van der Waals surface area contributed by atoms with Crippen molar-refractivity contribution in [1.82, 2.24) is 5.32 Å². The summed E-state index contributed by atoms with van der Waals surface area (Å²) in [7, 11) is -2.91. The molecule has 0 saturated carbocycles. The van der Waals surface area contributed by atoms with Gasteiger partial charge in [-0.15, -0.1) is 11.8 Å². The number of sulfone groups is 1. The summed E-state index contributed by atoms with van der Waals surface area (Å²) in [5.41, 5.74) is 1.08. The molecule has 0 bridgehead atoms. The first-order chi connectivity index (χ1) is 10.9. The molecule has 0 radical (unpaired) electrons. The van der Waals surface area contributed by atoms with Crippen LogP contribution in [0.4, 0.5) is 0 Å². The second-order valence-electron chi connectivity index (χ2n) is 5.44. The molecule has 2 rings (SSSR count). The SMILES string of the molecule is O=C(CSC1CCS(=O)(=O)C1)NCCc1cccc(C(=O)O)c1. The molecule has 1 heterocycles. The standard InChI is InChI=1S/C15H19NO5S2/c17-14(9-22-13-5-7-23(20,21)10-13)16-6-4-11-2-1-3-12(8-11)15(18)19/h1-3,8,13H,4-7,9-10H2,(H,16,17)(H,18,19). The van der Waals surface area contributed by atoms with E-state index in [1.165, 1.54) is 17.8 Å². The van der Waals surface area contributed by atoms with Crippen LogP contribution in [0.3, 0.4) is 0 Å². The van der Waals surface area contributed by atoms with E-state index in [4.69, 9.17) is 5.11 Å². The van der Waals surface area contributed by atoms with Gasteiger partial charge in [-0.25, -0.2) is 13.2 Å². The Kier molecular flexibility index (Phi) is 6.06. The molecule has 1 atom stereocenters. The van der Waals surface area contributed by atoms with E-state index in [1.54, 1.807) is 12.1 Å². The van der Waals surface area contributed by atoms with E-state index in [0.29, 0.717) is 19.4 Å². The number of carbonyl (C=O) groups is 2. The summed E-state index contributed by atoms with van der Waals surface area (Å²) >= 11 is 1.38. The second-order valence-corrected chi connectivity index (χ2v) is 8.96. The lowest BCUT2D eigenvalue weighted by Crippen LogP contribution is -2.28. The van der Waals surface area contributed by atoms with E-state index in [-0.39, 0.29) is 34.0 Å². The Hall–Kier alpha value is -1.54. The Morgan fingerprint density at radius 3 is 2.78 bits per heavy atom. The van der Waals surface area contributed by atoms with Crippen LogP contribution >= 0.6 is 11.8 Å². The third-order valence-corrected chi connectivity index (χ3v) is 6.83. The maximum absolute atomic E-state index is 11.8. The number of thioether (sulfide) groups is 1. The fourth-order valence-corrected chi connectivity index (χ4v) is 5.82. The third-order valence-electron chi connectivity index (χ3n) is 3.55. The minimum Gasteiger partial charge on any atom is -0.478 e. The van der Waals surface area contributed by atoms with Crippen LogP contribution in [0.25, 0.3) is 0 Å². The predicted octanol–water partition coefficient (Wildman–Crippen LogP) is 0.964. The normalized spacial score (nSPS) is 19.4. The van der Waals surface area contributed by atoms with Crippen molar-refractivity contribution in [2.24, 2.45) is 0 Å². The lowest BCUT2D eigenvalue weighted by molar-refractivity contribution is -0.118. The van der Waals surface area contributed by atoms with Gasteiger partial charge in [-0.2, -0.15) is 0 Å². The van der Waals surface area contributed by atoms with Crippen LogP contribution in [0, 0.1) is 0 Å². The summed E-state index contributed by atoms with van der Waals surface area (Å²) in [5, 5.41) is 11.7. The maximum atomic E-state index is 11.8. The lowest BCUT2D eigenvalue weighted by Gasteiger charge is -2.08. The third kappa shape index (κ3) is 5.87. The second kappa shape index (κ2) is 7.83. The van der Waals surface area contributed by atoms with E-state index in [9.17, 15) is 18.0 Å². The summed E-state index contributed by atoms with van der Waals surface area (Å²) in [6.07, 6.45) is 1.16. The quantitative estimate of drug-likeness (QED) is 0.754. The van der Waals surface area contributed by atoms with E-state index < -0.39 is 15.8 Å². The van der Waals surface area contributed by atoms with Crippen LogP contribution in [0.15, 0.2) is 24.3 Å². The number of benzene rings is 1. The van der Waals surface area contributed by atoms with Gasteiger partial charge in [0, 0.05) is 11.8 Å². The van der Waals surface area contributed by atoms with Gasteiger partial charge >= 0.3 is 5.97 Å². The molecule has 1 aliphatic rings. The first-order valence-electron chi connectivity index (χ1n) is 7.27. The van der Waals surface area contributed by atoms with E-state index in [1.807, 2.05) is 6.07 Å². The molecule has 8 heteroatoms. The molecule has 1 fully saturated rings. The number of amides is 1. The number of hydrogen-bond acceptors (Lipinski definition) is 5. The topological polar surface area (TPSA) is 101 Å². The molecular weight excluding hydrogens is 338 g/mol. The fourth-order valence-electron chi connectivity index (χ4n) is 2.34. The molecule has 1 saturated heterocycles. The van der Waals surface area contributed by atoms with Gasteiger partial charge in [-0.05, 0) is 30.5 Å². The van der Waals surface area contributed by atoms with Crippen molar-refractivity contribution >= 4 is 33.5 Å². The minimum absolute atomic E-state index is 0.0120. The van der Waals surface area contributed by atoms with Gasteiger partial charge < -0.3 is 10.4 Å². The number of carboxylic acid groups (broad SMARTS) is 1. The number of nitrogens with one attached hydrogen (secondary N) is 1. The molecular formula is C15H19NO5S2. The molecule has 1 aromatic carbocycles. The monoisotopic (exact) mass is 357 g/mol. The molecule has 1 unspecified atom stereocenters. The number of rotatable bonds is 7. The molecule has 1 amide bonds. The zero-order valence-corrected chi connectivity index (χ0v) is 14.2. The largest absolute Gasteiger partial charge is 0.478 e. The molecule has 1 aliphatic heterocycles. The van der Waals surface area contributed by atoms with Crippen molar-refractivity contribution in [3.05, 3.63) is 35.4 Å². The maximum Gasteiger partial charge on any atom is 0.335 e. The molecule has 0 aliphatic carbocycles. The Balaban J connectivity index is 1.69. The van der Waals surface area contributed by atoms with Crippen molar-refractivity contribution in [2.45, 2.75) is 18.1 Å². The highest BCUT2D eigenvalue weighted by atomic mass is 32.2. The fraction of sp³-hybridized carbons (Fsp3) is 0.467. The van der Waals surface area contributed by atoms with Crippen molar-refractivity contribution in [3.8, 4) is 0 Å². The van der Waals surface area contributed by atoms with Crippen LogP contribution in [-0.4, -0.2) is 54.5 Å². The highest BCUT2D eigenvalue weighted by Gasteiger charge is 2.28. The van der Waals surface area contributed by atoms with E-state index >= 15 is 0 Å². The lowest BCUT2D eigenvalue weighted by atomic mass is 10.1. The molecule has 23 heavy (non-hydrogen) atoms. The van der Waals surface area contributed by atoms with Crippen molar-refractivity contribution in [3.63, 3.8) is 0 Å². The Morgan fingerprint density at radius 2 is 2.13 bits per heavy atom. The highest BCUT2D eigenvalue weighted by Crippen LogP contribution is 2.23. The van der Waals surface area contributed by atoms with Gasteiger partial charge in [0.2, 0.25) is 5.91 Å². The van der Waals surface area contributed by atoms with Gasteiger partial charge in [0.05, 0.1) is 22.8 Å². The van der Waals surface area contributed by atoms with Gasteiger partial charge in [-0.3, -0.25) is 4.79 Å². The smallest absolute Gasteiger partial charge is 0.335 e. The summed E-state index contributed by atoms with van der Waals surface area (Å²) in [4.78, 5) is 22.6. The number of carbonyl (C=O) groups excluding carboxylic acids is 1. The van der Waals surface area contributed by atoms with E-state index in [2.05, 4.69) is 5.32 Å². The molecule has 6 nitrogen and oxygen atoms in total.